The molecule has 1 amide bonds. The minimum atomic E-state index is -0.717. The smallest absolute Gasteiger partial charge is 0.252 e. The summed E-state index contributed by atoms with van der Waals surface area (Å²) in [6.45, 7) is 1.87. The predicted molar refractivity (Wildman–Crippen MR) is 84.3 cm³/mol. The molecule has 1 N–H and O–H groups in total. The van der Waals surface area contributed by atoms with E-state index < -0.39 is 5.54 Å². The molecule has 0 bridgehead atoms. The molecule has 3 nitrogen and oxygen atoms in total. The normalized spacial score (nSPS) is 18.1. The van der Waals surface area contributed by atoms with Gasteiger partial charge in [-0.05, 0) is 43.5 Å². The first kappa shape index (κ1) is 15.9. The van der Waals surface area contributed by atoms with Gasteiger partial charge >= 0.3 is 0 Å². The summed E-state index contributed by atoms with van der Waals surface area (Å²) in [5.74, 6) is -0.183. The van der Waals surface area contributed by atoms with Gasteiger partial charge in [-0.15, -0.1) is 0 Å². The van der Waals surface area contributed by atoms with E-state index in [1.165, 1.54) is 6.42 Å². The Hall–Kier alpha value is -1.53. The highest BCUT2D eigenvalue weighted by atomic mass is 35.5. The number of benzene rings is 1. The first-order valence-electron chi connectivity index (χ1n) is 7.56. The molecule has 0 spiro atoms. The average molecular weight is 305 g/mol. The van der Waals surface area contributed by atoms with E-state index >= 15 is 0 Å². The van der Waals surface area contributed by atoms with E-state index in [-0.39, 0.29) is 5.91 Å². The van der Waals surface area contributed by atoms with Crippen LogP contribution < -0.4 is 5.32 Å². The lowest BCUT2D eigenvalue weighted by atomic mass is 9.85. The fourth-order valence-corrected chi connectivity index (χ4v) is 2.97. The van der Waals surface area contributed by atoms with E-state index in [0.717, 1.165) is 44.1 Å². The van der Waals surface area contributed by atoms with Crippen molar-refractivity contribution in [2.75, 3.05) is 0 Å². The van der Waals surface area contributed by atoms with Gasteiger partial charge in [0.2, 0.25) is 0 Å². The molecule has 0 unspecified atom stereocenters. The van der Waals surface area contributed by atoms with E-state index in [4.69, 9.17) is 11.6 Å². The third-order valence-corrected chi connectivity index (χ3v) is 4.62. The SMILES string of the molecule is Cc1cc(C(=O)NC2(C#N)CCCCCCC2)ccc1Cl. The van der Waals surface area contributed by atoms with Crippen molar-refractivity contribution in [2.45, 2.75) is 57.4 Å². The van der Waals surface area contributed by atoms with Crippen molar-refractivity contribution in [3.63, 3.8) is 0 Å². The minimum Gasteiger partial charge on any atom is -0.334 e. The molecule has 0 saturated heterocycles. The largest absolute Gasteiger partial charge is 0.334 e. The number of rotatable bonds is 2. The molecule has 4 heteroatoms. The van der Waals surface area contributed by atoms with Crippen LogP contribution in [0.25, 0.3) is 0 Å². The van der Waals surface area contributed by atoms with Gasteiger partial charge in [0.05, 0.1) is 6.07 Å². The quantitative estimate of drug-likeness (QED) is 0.881. The van der Waals surface area contributed by atoms with Crippen LogP contribution in [-0.2, 0) is 0 Å². The summed E-state index contributed by atoms with van der Waals surface area (Å²) in [4.78, 5) is 12.4. The van der Waals surface area contributed by atoms with E-state index in [0.29, 0.717) is 10.6 Å². The molecule has 112 valence electrons. The lowest BCUT2D eigenvalue weighted by Crippen LogP contribution is -2.47. The van der Waals surface area contributed by atoms with E-state index in [9.17, 15) is 10.1 Å². The second-order valence-corrected chi connectivity index (χ2v) is 6.29. The number of nitriles is 1. The van der Waals surface area contributed by atoms with Crippen LogP contribution in [0.1, 0.15) is 60.9 Å². The highest BCUT2D eigenvalue weighted by Gasteiger charge is 2.32. The monoisotopic (exact) mass is 304 g/mol. The molecule has 0 aromatic heterocycles. The molecule has 1 aromatic rings. The Balaban J connectivity index is 2.14. The van der Waals surface area contributed by atoms with Crippen LogP contribution in [0.4, 0.5) is 0 Å². The van der Waals surface area contributed by atoms with Crippen LogP contribution in [0.5, 0.6) is 0 Å². The first-order chi connectivity index (χ1) is 10.1. The summed E-state index contributed by atoms with van der Waals surface area (Å²) in [6, 6.07) is 7.56. The van der Waals surface area contributed by atoms with Crippen LogP contribution in [0.2, 0.25) is 5.02 Å². The second-order valence-electron chi connectivity index (χ2n) is 5.88. The molecule has 1 fully saturated rings. The highest BCUT2D eigenvalue weighted by Crippen LogP contribution is 2.26. The van der Waals surface area contributed by atoms with Crippen LogP contribution in [-0.4, -0.2) is 11.4 Å². The van der Waals surface area contributed by atoms with Gasteiger partial charge in [0.15, 0.2) is 0 Å². The maximum absolute atomic E-state index is 12.4. The zero-order valence-electron chi connectivity index (χ0n) is 12.4. The van der Waals surface area contributed by atoms with Crippen molar-refractivity contribution in [1.82, 2.24) is 5.32 Å². The third-order valence-electron chi connectivity index (χ3n) is 4.19. The number of nitrogens with one attached hydrogen (secondary N) is 1. The molecular formula is C17H21ClN2O. The minimum absolute atomic E-state index is 0.183. The maximum Gasteiger partial charge on any atom is 0.252 e. The van der Waals surface area contributed by atoms with E-state index in [1.54, 1.807) is 18.2 Å². The predicted octanol–water partition coefficient (Wildman–Crippen LogP) is 4.38. The van der Waals surface area contributed by atoms with Gasteiger partial charge in [0.25, 0.3) is 5.91 Å². The lowest BCUT2D eigenvalue weighted by Gasteiger charge is -2.29. The first-order valence-corrected chi connectivity index (χ1v) is 7.94. The summed E-state index contributed by atoms with van der Waals surface area (Å²) in [5.41, 5.74) is 0.715. The molecule has 0 atom stereocenters. The molecule has 1 saturated carbocycles. The van der Waals surface area contributed by atoms with Gasteiger partial charge < -0.3 is 5.32 Å². The van der Waals surface area contributed by atoms with Crippen molar-refractivity contribution in [3.05, 3.63) is 34.3 Å². The maximum atomic E-state index is 12.4. The molecule has 1 aliphatic rings. The van der Waals surface area contributed by atoms with Crippen LogP contribution in [0, 0.1) is 18.3 Å². The Bertz CT molecular complexity index is 554. The summed E-state index contributed by atoms with van der Waals surface area (Å²) in [6.07, 6.45) is 6.97. The van der Waals surface area contributed by atoms with Gasteiger partial charge in [0, 0.05) is 10.6 Å². The molecule has 1 aromatic carbocycles. The van der Waals surface area contributed by atoms with Gasteiger partial charge in [-0.3, -0.25) is 4.79 Å². The zero-order chi connectivity index (χ0) is 15.3. The Morgan fingerprint density at radius 2 is 1.86 bits per heavy atom. The molecular weight excluding hydrogens is 284 g/mol. The Kier molecular flexibility index (Phi) is 5.25. The standard InChI is InChI=1S/C17H21ClN2O/c1-13-11-14(7-8-15(13)18)16(21)20-17(12-19)9-5-3-2-4-6-10-17/h7-8,11H,2-6,9-10H2,1H3,(H,20,21). The number of nitrogens with zero attached hydrogens (tertiary/aromatic N) is 1. The van der Waals surface area contributed by atoms with Gasteiger partial charge in [-0.25, -0.2) is 0 Å². The third kappa shape index (κ3) is 3.98. The summed E-state index contributed by atoms with van der Waals surface area (Å²) < 4.78 is 0. The van der Waals surface area contributed by atoms with Crippen molar-refractivity contribution in [1.29, 1.82) is 5.26 Å². The number of halogens is 1. The summed E-state index contributed by atoms with van der Waals surface area (Å²) in [5, 5.41) is 13.2. The van der Waals surface area contributed by atoms with Gasteiger partial charge in [-0.1, -0.05) is 43.7 Å². The number of hydrogen-bond acceptors (Lipinski definition) is 2. The van der Waals surface area contributed by atoms with Crippen molar-refractivity contribution < 1.29 is 4.79 Å². The van der Waals surface area contributed by atoms with Crippen molar-refractivity contribution in [2.24, 2.45) is 0 Å². The van der Waals surface area contributed by atoms with Crippen LogP contribution >= 0.6 is 11.6 Å². The average Bonchev–Trinajstić information content (AvgIpc) is 2.45. The lowest BCUT2D eigenvalue weighted by molar-refractivity contribution is 0.0907. The van der Waals surface area contributed by atoms with Crippen molar-refractivity contribution in [3.8, 4) is 6.07 Å². The van der Waals surface area contributed by atoms with E-state index in [2.05, 4.69) is 11.4 Å². The van der Waals surface area contributed by atoms with Gasteiger partial charge in [-0.2, -0.15) is 5.26 Å². The summed E-state index contributed by atoms with van der Waals surface area (Å²) in [7, 11) is 0. The van der Waals surface area contributed by atoms with Crippen molar-refractivity contribution >= 4 is 17.5 Å². The number of aryl methyl sites for hydroxylation is 1. The van der Waals surface area contributed by atoms with Crippen LogP contribution in [0.15, 0.2) is 18.2 Å². The number of carbonyl (C=O) groups is 1. The topological polar surface area (TPSA) is 52.9 Å². The molecule has 1 aliphatic carbocycles. The van der Waals surface area contributed by atoms with E-state index in [1.807, 2.05) is 6.92 Å². The molecule has 0 heterocycles. The molecule has 0 radical (unpaired) electrons. The molecule has 0 aliphatic heterocycles. The molecule has 2 rings (SSSR count). The Labute approximate surface area is 131 Å². The highest BCUT2D eigenvalue weighted by molar-refractivity contribution is 6.31. The zero-order valence-corrected chi connectivity index (χ0v) is 13.2. The number of amides is 1. The van der Waals surface area contributed by atoms with Gasteiger partial charge in [0.1, 0.15) is 5.54 Å². The Morgan fingerprint density at radius 3 is 2.43 bits per heavy atom. The summed E-state index contributed by atoms with van der Waals surface area (Å²) >= 11 is 5.99. The Morgan fingerprint density at radius 1 is 1.24 bits per heavy atom. The fraction of sp³-hybridized carbons (Fsp3) is 0.529. The molecule has 21 heavy (non-hydrogen) atoms. The van der Waals surface area contributed by atoms with Crippen LogP contribution in [0.3, 0.4) is 0 Å². The fourth-order valence-electron chi connectivity index (χ4n) is 2.85. The second kappa shape index (κ2) is 6.95. The number of carbonyl (C=O) groups excluding carboxylic acids is 1. The number of hydrogen-bond donors (Lipinski definition) is 1.